The molecule has 0 radical (unpaired) electrons. The number of hydrogen-bond donors (Lipinski definition) is 3. The Morgan fingerprint density at radius 2 is 1.61 bits per heavy atom. The van der Waals surface area contributed by atoms with Gasteiger partial charge in [0.05, 0.1) is 12.1 Å². The molecule has 2 unspecified atom stereocenters. The van der Waals surface area contributed by atoms with Gasteiger partial charge in [-0.2, -0.15) is 0 Å². The molecule has 0 aromatic carbocycles. The topological polar surface area (TPSA) is 96.9 Å². The van der Waals surface area contributed by atoms with E-state index in [9.17, 15) is 14.7 Å². The van der Waals surface area contributed by atoms with Crippen LogP contribution in [0.1, 0.15) is 54.4 Å². The van der Waals surface area contributed by atoms with Gasteiger partial charge in [-0.25, -0.2) is 9.59 Å². The standard InChI is InChI=1S/C16H30N2O5/c1-14(2,3)22-12(20)17-8-7-11-9-16(11,10-19)18-13(21)23-15(4,5)6/h11,19H,7-10H2,1-6H3,(H,17,20)(H,18,21). The number of rotatable bonds is 5. The molecule has 7 nitrogen and oxygen atoms in total. The van der Waals surface area contributed by atoms with E-state index in [2.05, 4.69) is 10.6 Å². The number of nitrogens with one attached hydrogen (secondary N) is 2. The van der Waals surface area contributed by atoms with Gasteiger partial charge in [-0.3, -0.25) is 0 Å². The fourth-order valence-corrected chi connectivity index (χ4v) is 2.31. The first-order valence-electron chi connectivity index (χ1n) is 7.96. The number of hydrogen-bond acceptors (Lipinski definition) is 5. The molecule has 0 aliphatic heterocycles. The molecule has 3 N–H and O–H groups in total. The average molecular weight is 330 g/mol. The number of aliphatic hydroxyl groups is 1. The third-order valence-corrected chi connectivity index (χ3v) is 3.43. The maximum atomic E-state index is 11.8. The van der Waals surface area contributed by atoms with Crippen LogP contribution in [0.3, 0.4) is 0 Å². The van der Waals surface area contributed by atoms with Crippen molar-refractivity contribution in [3.63, 3.8) is 0 Å². The quantitative estimate of drug-likeness (QED) is 0.718. The average Bonchev–Trinajstić information content (AvgIpc) is 2.97. The number of carbonyl (C=O) groups excluding carboxylic acids is 2. The molecule has 0 bridgehead atoms. The van der Waals surface area contributed by atoms with E-state index >= 15 is 0 Å². The lowest BCUT2D eigenvalue weighted by atomic mass is 10.1. The van der Waals surface area contributed by atoms with Crippen LogP contribution in [0.2, 0.25) is 0 Å². The minimum absolute atomic E-state index is 0.106. The van der Waals surface area contributed by atoms with Crippen LogP contribution in [0.5, 0.6) is 0 Å². The molecule has 23 heavy (non-hydrogen) atoms. The van der Waals surface area contributed by atoms with Crippen LogP contribution in [0, 0.1) is 5.92 Å². The molecule has 2 amide bonds. The van der Waals surface area contributed by atoms with E-state index < -0.39 is 28.9 Å². The Labute approximate surface area is 138 Å². The molecule has 0 heterocycles. The highest BCUT2D eigenvalue weighted by atomic mass is 16.6. The van der Waals surface area contributed by atoms with Gasteiger partial charge in [-0.15, -0.1) is 0 Å². The molecular formula is C16H30N2O5. The lowest BCUT2D eigenvalue weighted by Crippen LogP contribution is -2.44. The summed E-state index contributed by atoms with van der Waals surface area (Å²) in [6.45, 7) is 11.0. The summed E-state index contributed by atoms with van der Waals surface area (Å²) in [5.74, 6) is 0.106. The van der Waals surface area contributed by atoms with Crippen LogP contribution in [-0.4, -0.2) is 47.2 Å². The van der Waals surface area contributed by atoms with E-state index in [4.69, 9.17) is 9.47 Å². The van der Waals surface area contributed by atoms with E-state index in [0.717, 1.165) is 0 Å². The normalized spacial score (nSPS) is 23.9. The summed E-state index contributed by atoms with van der Waals surface area (Å²) in [6, 6.07) is 0. The first-order valence-corrected chi connectivity index (χ1v) is 7.96. The van der Waals surface area contributed by atoms with Gasteiger partial charge in [0, 0.05) is 6.54 Å². The predicted molar refractivity (Wildman–Crippen MR) is 86.1 cm³/mol. The molecule has 0 aromatic heterocycles. The lowest BCUT2D eigenvalue weighted by molar-refractivity contribution is 0.0454. The molecule has 2 atom stereocenters. The predicted octanol–water partition coefficient (Wildman–Crippen LogP) is 2.18. The van der Waals surface area contributed by atoms with Crippen LogP contribution in [0.25, 0.3) is 0 Å². The van der Waals surface area contributed by atoms with Gasteiger partial charge in [0.1, 0.15) is 11.2 Å². The van der Waals surface area contributed by atoms with Gasteiger partial charge in [-0.05, 0) is 60.3 Å². The summed E-state index contributed by atoms with van der Waals surface area (Å²) in [5.41, 5.74) is -1.75. The van der Waals surface area contributed by atoms with Crippen LogP contribution in [0.15, 0.2) is 0 Å². The van der Waals surface area contributed by atoms with Crippen molar-refractivity contribution < 1.29 is 24.2 Å². The van der Waals surface area contributed by atoms with Crippen molar-refractivity contribution in [3.8, 4) is 0 Å². The van der Waals surface area contributed by atoms with Crippen LogP contribution in [0.4, 0.5) is 9.59 Å². The van der Waals surface area contributed by atoms with E-state index in [-0.39, 0.29) is 12.5 Å². The largest absolute Gasteiger partial charge is 0.444 e. The molecule has 1 saturated carbocycles. The smallest absolute Gasteiger partial charge is 0.408 e. The first-order chi connectivity index (χ1) is 10.4. The number of carbonyl (C=O) groups is 2. The summed E-state index contributed by atoms with van der Waals surface area (Å²) in [6.07, 6.45) is 0.316. The highest BCUT2D eigenvalue weighted by Gasteiger charge is 2.54. The van der Waals surface area contributed by atoms with Crippen molar-refractivity contribution in [2.24, 2.45) is 5.92 Å². The Bertz CT molecular complexity index is 439. The van der Waals surface area contributed by atoms with Gasteiger partial charge in [-0.1, -0.05) is 0 Å². The van der Waals surface area contributed by atoms with E-state index in [1.807, 2.05) is 0 Å². The molecule has 7 heteroatoms. The third kappa shape index (κ3) is 7.07. The molecule has 134 valence electrons. The molecule has 1 aliphatic carbocycles. The second-order valence-electron chi connectivity index (χ2n) is 8.06. The number of alkyl carbamates (subject to hydrolysis) is 2. The Balaban J connectivity index is 2.35. The highest BCUT2D eigenvalue weighted by molar-refractivity contribution is 5.69. The minimum atomic E-state index is -0.641. The molecule has 1 rings (SSSR count). The highest BCUT2D eigenvalue weighted by Crippen LogP contribution is 2.45. The summed E-state index contributed by atoms with van der Waals surface area (Å²) in [4.78, 5) is 23.4. The molecule has 1 fully saturated rings. The van der Waals surface area contributed by atoms with Crippen molar-refractivity contribution >= 4 is 12.2 Å². The lowest BCUT2D eigenvalue weighted by Gasteiger charge is -2.23. The molecule has 1 aliphatic rings. The van der Waals surface area contributed by atoms with Crippen molar-refractivity contribution in [2.45, 2.75) is 71.1 Å². The Morgan fingerprint density at radius 3 is 2.09 bits per heavy atom. The van der Waals surface area contributed by atoms with Crippen LogP contribution >= 0.6 is 0 Å². The van der Waals surface area contributed by atoms with E-state index in [1.165, 1.54) is 0 Å². The zero-order valence-electron chi connectivity index (χ0n) is 15.0. The number of aliphatic hydroxyl groups excluding tert-OH is 1. The second-order valence-corrected chi connectivity index (χ2v) is 8.06. The van der Waals surface area contributed by atoms with Crippen molar-refractivity contribution in [3.05, 3.63) is 0 Å². The molecule has 0 saturated heterocycles. The van der Waals surface area contributed by atoms with Crippen molar-refractivity contribution in [1.29, 1.82) is 0 Å². The zero-order valence-corrected chi connectivity index (χ0v) is 15.0. The maximum Gasteiger partial charge on any atom is 0.408 e. The third-order valence-electron chi connectivity index (χ3n) is 3.43. The monoisotopic (exact) mass is 330 g/mol. The molecule has 0 aromatic rings. The van der Waals surface area contributed by atoms with Crippen molar-refractivity contribution in [2.75, 3.05) is 13.2 Å². The number of ether oxygens (including phenoxy) is 2. The van der Waals surface area contributed by atoms with Crippen LogP contribution in [-0.2, 0) is 9.47 Å². The minimum Gasteiger partial charge on any atom is -0.444 e. The van der Waals surface area contributed by atoms with E-state index in [1.54, 1.807) is 41.5 Å². The zero-order chi connectivity index (χ0) is 17.9. The Morgan fingerprint density at radius 1 is 1.09 bits per heavy atom. The summed E-state index contributed by atoms with van der Waals surface area (Å²) < 4.78 is 10.4. The van der Waals surface area contributed by atoms with Gasteiger partial charge < -0.3 is 25.2 Å². The molecular weight excluding hydrogens is 300 g/mol. The maximum absolute atomic E-state index is 11.8. The van der Waals surface area contributed by atoms with Gasteiger partial charge in [0.15, 0.2) is 0 Å². The summed E-state index contributed by atoms with van der Waals surface area (Å²) >= 11 is 0. The SMILES string of the molecule is CC(C)(C)OC(=O)NCCC1CC1(CO)NC(=O)OC(C)(C)C. The number of amides is 2. The Hall–Kier alpha value is -1.50. The van der Waals surface area contributed by atoms with Gasteiger partial charge >= 0.3 is 12.2 Å². The summed E-state index contributed by atoms with van der Waals surface area (Å²) in [7, 11) is 0. The second kappa shape index (κ2) is 6.95. The first kappa shape index (κ1) is 19.5. The summed E-state index contributed by atoms with van der Waals surface area (Å²) in [5, 5.41) is 15.0. The van der Waals surface area contributed by atoms with Gasteiger partial charge in [0.25, 0.3) is 0 Å². The van der Waals surface area contributed by atoms with Gasteiger partial charge in [0.2, 0.25) is 0 Å². The van der Waals surface area contributed by atoms with Crippen LogP contribution < -0.4 is 10.6 Å². The Kier molecular flexibility index (Phi) is 5.90. The fraction of sp³-hybridized carbons (Fsp3) is 0.875. The van der Waals surface area contributed by atoms with E-state index in [0.29, 0.717) is 19.4 Å². The van der Waals surface area contributed by atoms with Crippen molar-refractivity contribution in [1.82, 2.24) is 10.6 Å². The molecule has 0 spiro atoms. The fourth-order valence-electron chi connectivity index (χ4n) is 2.31.